The Balaban J connectivity index is 1.90. The molecule has 1 heterocycles. The molecule has 5 heteroatoms. The Morgan fingerprint density at radius 2 is 2.04 bits per heavy atom. The Labute approximate surface area is 147 Å². The molecular formula is C18H12IN3O. The number of nitrogens with one attached hydrogen (secondary N) is 2. The lowest BCUT2D eigenvalue weighted by atomic mass is 10.1. The van der Waals surface area contributed by atoms with Crippen molar-refractivity contribution in [1.82, 2.24) is 4.98 Å². The number of aromatic amines is 1. The largest absolute Gasteiger partial charge is 0.361 e. The minimum Gasteiger partial charge on any atom is -0.361 e. The number of nitriles is 1. The SMILES string of the molecule is N#C/C(=C\c1c[nH]c2ccccc12)C(=O)Nc1cccc(I)c1. The second-order valence-corrected chi connectivity index (χ2v) is 6.17. The standard InChI is InChI=1S/C18H12IN3O/c19-14-4-3-5-15(9-14)22-18(23)12(10-20)8-13-11-21-17-7-2-1-6-16(13)17/h1-9,11,21H,(H,22,23)/b12-8+. The average Bonchev–Trinajstić information content (AvgIpc) is 2.95. The molecule has 0 aliphatic carbocycles. The van der Waals surface area contributed by atoms with Gasteiger partial charge in [-0.2, -0.15) is 5.26 Å². The summed E-state index contributed by atoms with van der Waals surface area (Å²) < 4.78 is 1.01. The Hall–Kier alpha value is -2.59. The summed E-state index contributed by atoms with van der Waals surface area (Å²) in [7, 11) is 0. The van der Waals surface area contributed by atoms with E-state index in [1.807, 2.05) is 48.5 Å². The number of rotatable bonds is 3. The van der Waals surface area contributed by atoms with E-state index in [9.17, 15) is 10.1 Å². The van der Waals surface area contributed by atoms with Crippen LogP contribution < -0.4 is 5.32 Å². The molecule has 2 N–H and O–H groups in total. The fourth-order valence-corrected chi connectivity index (χ4v) is 2.83. The molecule has 0 bridgehead atoms. The molecule has 0 saturated carbocycles. The van der Waals surface area contributed by atoms with Crippen molar-refractivity contribution >= 4 is 51.2 Å². The van der Waals surface area contributed by atoms with Crippen LogP contribution in [0.1, 0.15) is 5.56 Å². The lowest BCUT2D eigenvalue weighted by Gasteiger charge is -2.04. The van der Waals surface area contributed by atoms with E-state index in [-0.39, 0.29) is 5.57 Å². The quantitative estimate of drug-likeness (QED) is 0.382. The zero-order valence-electron chi connectivity index (χ0n) is 12.0. The minimum atomic E-state index is -0.417. The number of hydrogen-bond donors (Lipinski definition) is 2. The summed E-state index contributed by atoms with van der Waals surface area (Å²) in [4.78, 5) is 15.4. The number of para-hydroxylation sites is 1. The Bertz CT molecular complexity index is 950. The van der Waals surface area contributed by atoms with Gasteiger partial charge < -0.3 is 10.3 Å². The molecule has 0 aliphatic rings. The molecule has 0 atom stereocenters. The van der Waals surface area contributed by atoms with Gasteiger partial charge in [0.25, 0.3) is 5.91 Å². The maximum atomic E-state index is 12.3. The molecule has 112 valence electrons. The molecule has 2 aromatic carbocycles. The molecule has 23 heavy (non-hydrogen) atoms. The van der Waals surface area contributed by atoms with Crippen molar-refractivity contribution in [3.63, 3.8) is 0 Å². The van der Waals surface area contributed by atoms with Crippen LogP contribution in [0.5, 0.6) is 0 Å². The zero-order valence-corrected chi connectivity index (χ0v) is 14.2. The van der Waals surface area contributed by atoms with Crippen LogP contribution in [-0.2, 0) is 4.79 Å². The number of benzene rings is 2. The third-order valence-corrected chi connectivity index (χ3v) is 4.04. The topological polar surface area (TPSA) is 68.7 Å². The molecule has 3 rings (SSSR count). The van der Waals surface area contributed by atoms with E-state index in [0.29, 0.717) is 5.69 Å². The Morgan fingerprint density at radius 3 is 2.83 bits per heavy atom. The van der Waals surface area contributed by atoms with E-state index in [1.165, 1.54) is 0 Å². The second-order valence-electron chi connectivity index (χ2n) is 4.92. The molecule has 4 nitrogen and oxygen atoms in total. The second kappa shape index (κ2) is 6.67. The third kappa shape index (κ3) is 3.43. The number of halogens is 1. The highest BCUT2D eigenvalue weighted by molar-refractivity contribution is 14.1. The first-order chi connectivity index (χ1) is 11.2. The van der Waals surface area contributed by atoms with E-state index in [0.717, 1.165) is 20.0 Å². The first-order valence-electron chi connectivity index (χ1n) is 6.92. The van der Waals surface area contributed by atoms with Crippen molar-refractivity contribution in [3.05, 3.63) is 69.4 Å². The van der Waals surface area contributed by atoms with Crippen LogP contribution in [0.15, 0.2) is 60.3 Å². The van der Waals surface area contributed by atoms with E-state index >= 15 is 0 Å². The molecule has 1 aromatic heterocycles. The summed E-state index contributed by atoms with van der Waals surface area (Å²) in [6.07, 6.45) is 3.39. The number of hydrogen-bond acceptors (Lipinski definition) is 2. The Morgan fingerprint density at radius 1 is 1.22 bits per heavy atom. The van der Waals surface area contributed by atoms with Crippen LogP contribution in [0.2, 0.25) is 0 Å². The maximum Gasteiger partial charge on any atom is 0.266 e. The van der Waals surface area contributed by atoms with Gasteiger partial charge in [0.1, 0.15) is 11.6 Å². The van der Waals surface area contributed by atoms with Crippen LogP contribution in [-0.4, -0.2) is 10.9 Å². The van der Waals surface area contributed by atoms with E-state index < -0.39 is 5.91 Å². The summed E-state index contributed by atoms with van der Waals surface area (Å²) in [6, 6.07) is 17.2. The highest BCUT2D eigenvalue weighted by Gasteiger charge is 2.11. The average molecular weight is 413 g/mol. The van der Waals surface area contributed by atoms with Crippen LogP contribution in [0.3, 0.4) is 0 Å². The highest BCUT2D eigenvalue weighted by Crippen LogP contribution is 2.21. The maximum absolute atomic E-state index is 12.3. The smallest absolute Gasteiger partial charge is 0.266 e. The van der Waals surface area contributed by atoms with Gasteiger partial charge in [-0.05, 0) is 52.9 Å². The number of fused-ring (bicyclic) bond motifs is 1. The predicted octanol–water partition coefficient (Wildman–Crippen LogP) is 4.32. The summed E-state index contributed by atoms with van der Waals surface area (Å²) in [5, 5.41) is 13.0. The molecule has 1 amide bonds. The normalized spacial score (nSPS) is 11.2. The molecule has 0 spiro atoms. The van der Waals surface area contributed by atoms with Gasteiger partial charge in [-0.25, -0.2) is 0 Å². The summed E-state index contributed by atoms with van der Waals surface area (Å²) in [5.74, 6) is -0.417. The highest BCUT2D eigenvalue weighted by atomic mass is 127. The fraction of sp³-hybridized carbons (Fsp3) is 0. The first-order valence-corrected chi connectivity index (χ1v) is 8.00. The molecule has 0 saturated heterocycles. The number of amides is 1. The fourth-order valence-electron chi connectivity index (χ4n) is 2.28. The van der Waals surface area contributed by atoms with Crippen LogP contribution in [0, 0.1) is 14.9 Å². The van der Waals surface area contributed by atoms with Gasteiger partial charge in [0.05, 0.1) is 0 Å². The van der Waals surface area contributed by atoms with Crippen molar-refractivity contribution in [3.8, 4) is 6.07 Å². The van der Waals surface area contributed by atoms with Gasteiger partial charge >= 0.3 is 0 Å². The van der Waals surface area contributed by atoms with Crippen molar-refractivity contribution in [2.45, 2.75) is 0 Å². The van der Waals surface area contributed by atoms with Crippen molar-refractivity contribution in [2.24, 2.45) is 0 Å². The first kappa shape index (κ1) is 15.3. The van der Waals surface area contributed by atoms with Gasteiger partial charge in [-0.15, -0.1) is 0 Å². The monoisotopic (exact) mass is 413 g/mol. The lowest BCUT2D eigenvalue weighted by Crippen LogP contribution is -2.13. The van der Waals surface area contributed by atoms with E-state index in [1.54, 1.807) is 18.3 Å². The van der Waals surface area contributed by atoms with Gasteiger partial charge in [0, 0.05) is 31.9 Å². The molecule has 3 aromatic rings. The van der Waals surface area contributed by atoms with Crippen LogP contribution >= 0.6 is 22.6 Å². The zero-order chi connectivity index (χ0) is 16.2. The van der Waals surface area contributed by atoms with Crippen LogP contribution in [0.4, 0.5) is 5.69 Å². The van der Waals surface area contributed by atoms with Crippen molar-refractivity contribution in [1.29, 1.82) is 5.26 Å². The Kier molecular flexibility index (Phi) is 4.44. The third-order valence-electron chi connectivity index (χ3n) is 3.37. The molecular weight excluding hydrogens is 401 g/mol. The molecule has 0 unspecified atom stereocenters. The molecule has 0 fully saturated rings. The van der Waals surface area contributed by atoms with Crippen molar-refractivity contribution < 1.29 is 4.79 Å². The lowest BCUT2D eigenvalue weighted by molar-refractivity contribution is -0.112. The van der Waals surface area contributed by atoms with Gasteiger partial charge in [-0.1, -0.05) is 24.3 Å². The van der Waals surface area contributed by atoms with Crippen LogP contribution in [0.25, 0.3) is 17.0 Å². The number of carbonyl (C=O) groups excluding carboxylic acids is 1. The van der Waals surface area contributed by atoms with Gasteiger partial charge in [0.15, 0.2) is 0 Å². The predicted molar refractivity (Wildman–Crippen MR) is 99.7 cm³/mol. The van der Waals surface area contributed by atoms with Gasteiger partial charge in [-0.3, -0.25) is 4.79 Å². The van der Waals surface area contributed by atoms with Gasteiger partial charge in [0.2, 0.25) is 0 Å². The number of aromatic nitrogens is 1. The number of H-pyrrole nitrogens is 1. The molecule has 0 aliphatic heterocycles. The number of anilines is 1. The van der Waals surface area contributed by atoms with E-state index in [4.69, 9.17) is 0 Å². The number of nitrogens with zero attached hydrogens (tertiary/aromatic N) is 1. The number of carbonyl (C=O) groups is 1. The summed E-state index contributed by atoms with van der Waals surface area (Å²) in [5.41, 5.74) is 2.51. The summed E-state index contributed by atoms with van der Waals surface area (Å²) in [6.45, 7) is 0. The minimum absolute atomic E-state index is 0.0635. The summed E-state index contributed by atoms with van der Waals surface area (Å²) >= 11 is 2.17. The van der Waals surface area contributed by atoms with Crippen molar-refractivity contribution in [2.75, 3.05) is 5.32 Å². The molecule has 0 radical (unpaired) electrons. The van der Waals surface area contributed by atoms with E-state index in [2.05, 4.69) is 32.9 Å².